The highest BCUT2D eigenvalue weighted by Gasteiger charge is 2.38. The van der Waals surface area contributed by atoms with Gasteiger partial charge in [-0.25, -0.2) is 4.79 Å². The number of ether oxygens (including phenoxy) is 4. The van der Waals surface area contributed by atoms with Crippen LogP contribution in [0.2, 0.25) is 5.02 Å². The van der Waals surface area contributed by atoms with Gasteiger partial charge in [0.15, 0.2) is 0 Å². The van der Waals surface area contributed by atoms with E-state index in [-0.39, 0.29) is 41.1 Å². The van der Waals surface area contributed by atoms with Crippen molar-refractivity contribution in [3.63, 3.8) is 0 Å². The van der Waals surface area contributed by atoms with E-state index in [1.54, 1.807) is 12.2 Å². The molecular weight excluding hydrogens is 386 g/mol. The quantitative estimate of drug-likeness (QED) is 0.349. The van der Waals surface area contributed by atoms with E-state index >= 15 is 0 Å². The van der Waals surface area contributed by atoms with Gasteiger partial charge in [0, 0.05) is 18.9 Å². The van der Waals surface area contributed by atoms with Crippen LogP contribution in [-0.2, 0) is 15.9 Å². The first kappa shape index (κ1) is 20.2. The molecule has 2 heterocycles. The van der Waals surface area contributed by atoms with Crippen LogP contribution < -0.4 is 9.47 Å². The molecule has 1 aromatic carbocycles. The van der Waals surface area contributed by atoms with Gasteiger partial charge in [-0.3, -0.25) is 0 Å². The van der Waals surface area contributed by atoms with Crippen LogP contribution in [0.25, 0.3) is 0 Å². The summed E-state index contributed by atoms with van der Waals surface area (Å²) >= 11 is 6.48. The number of epoxide rings is 1. The summed E-state index contributed by atoms with van der Waals surface area (Å²) in [6.07, 6.45) is 7.39. The van der Waals surface area contributed by atoms with E-state index in [0.29, 0.717) is 23.4 Å². The largest absolute Gasteiger partial charge is 0.496 e. The third kappa shape index (κ3) is 4.31. The van der Waals surface area contributed by atoms with E-state index in [9.17, 15) is 10.0 Å². The average molecular weight is 408 g/mol. The Balaban J connectivity index is 2.10. The number of fused-ring (bicyclic) bond motifs is 2. The topological polar surface area (TPSA) is 89.9 Å². The molecule has 28 heavy (non-hydrogen) atoms. The molecule has 8 heteroatoms. The van der Waals surface area contributed by atoms with Crippen molar-refractivity contribution >= 4 is 23.3 Å². The maximum absolute atomic E-state index is 13.0. The van der Waals surface area contributed by atoms with Gasteiger partial charge in [-0.05, 0) is 18.6 Å². The van der Waals surface area contributed by atoms with Gasteiger partial charge in [0.1, 0.15) is 29.3 Å². The molecule has 2 aliphatic rings. The summed E-state index contributed by atoms with van der Waals surface area (Å²) in [4.78, 5) is 13.0. The van der Waals surface area contributed by atoms with Crippen LogP contribution in [0, 0.1) is 0 Å². The Bertz CT molecular complexity index is 848. The minimum absolute atomic E-state index is 0.00203. The van der Waals surface area contributed by atoms with Crippen molar-refractivity contribution in [3.8, 4) is 11.5 Å². The highest BCUT2D eigenvalue weighted by Crippen LogP contribution is 2.39. The summed E-state index contributed by atoms with van der Waals surface area (Å²) in [5, 5.41) is 12.9. The number of benzene rings is 1. The van der Waals surface area contributed by atoms with Crippen LogP contribution >= 0.6 is 11.6 Å². The number of nitrogens with zero attached hydrogens (tertiary/aromatic N) is 1. The fraction of sp³-hybridized carbons (Fsp3) is 0.400. The van der Waals surface area contributed by atoms with E-state index in [0.717, 1.165) is 0 Å². The van der Waals surface area contributed by atoms with Crippen molar-refractivity contribution in [1.29, 1.82) is 0 Å². The molecule has 0 radical (unpaired) electrons. The summed E-state index contributed by atoms with van der Waals surface area (Å²) in [7, 11) is 2.91. The highest BCUT2D eigenvalue weighted by molar-refractivity contribution is 6.33. The molecule has 1 saturated heterocycles. The Morgan fingerprint density at radius 3 is 2.68 bits per heavy atom. The van der Waals surface area contributed by atoms with Gasteiger partial charge < -0.3 is 24.2 Å². The van der Waals surface area contributed by atoms with E-state index in [1.807, 2.05) is 19.1 Å². The maximum atomic E-state index is 13.0. The summed E-state index contributed by atoms with van der Waals surface area (Å²) in [6, 6.07) is 1.53. The maximum Gasteiger partial charge on any atom is 0.342 e. The number of rotatable bonds is 2. The summed E-state index contributed by atoms with van der Waals surface area (Å²) in [6.45, 7) is 1.81. The van der Waals surface area contributed by atoms with Crippen molar-refractivity contribution in [2.24, 2.45) is 5.16 Å². The predicted molar refractivity (Wildman–Crippen MR) is 104 cm³/mol. The minimum atomic E-state index is -0.574. The fourth-order valence-corrected chi connectivity index (χ4v) is 3.44. The van der Waals surface area contributed by atoms with Crippen LogP contribution in [0.3, 0.4) is 0 Å². The van der Waals surface area contributed by atoms with Crippen LogP contribution in [0.15, 0.2) is 35.5 Å². The number of halogens is 1. The van der Waals surface area contributed by atoms with Crippen LogP contribution in [0.1, 0.15) is 29.3 Å². The number of hydrogen-bond donors (Lipinski definition) is 1. The normalized spacial score (nSPS) is 28.4. The van der Waals surface area contributed by atoms with Crippen LogP contribution in [0.5, 0.6) is 11.5 Å². The molecule has 0 spiro atoms. The van der Waals surface area contributed by atoms with Gasteiger partial charge in [-0.2, -0.15) is 0 Å². The van der Waals surface area contributed by atoms with E-state index in [2.05, 4.69) is 5.16 Å². The lowest BCUT2D eigenvalue weighted by molar-refractivity contribution is 0.0305. The van der Waals surface area contributed by atoms with Crippen molar-refractivity contribution in [2.75, 3.05) is 14.2 Å². The predicted octanol–water partition coefficient (Wildman–Crippen LogP) is 3.56. The second kappa shape index (κ2) is 8.67. The third-order valence-corrected chi connectivity index (χ3v) is 5.03. The van der Waals surface area contributed by atoms with Crippen molar-refractivity contribution in [2.45, 2.75) is 38.1 Å². The van der Waals surface area contributed by atoms with Gasteiger partial charge in [0.05, 0.1) is 31.1 Å². The lowest BCUT2D eigenvalue weighted by atomic mass is 9.99. The van der Waals surface area contributed by atoms with E-state index in [1.165, 1.54) is 20.3 Å². The molecule has 0 aliphatic carbocycles. The number of esters is 1. The van der Waals surface area contributed by atoms with E-state index in [4.69, 9.17) is 30.5 Å². The minimum Gasteiger partial charge on any atom is -0.496 e. The summed E-state index contributed by atoms with van der Waals surface area (Å²) < 4.78 is 21.9. The Morgan fingerprint density at radius 1 is 1.25 bits per heavy atom. The second-order valence-electron chi connectivity index (χ2n) is 6.55. The van der Waals surface area contributed by atoms with Crippen LogP contribution in [0.4, 0.5) is 0 Å². The van der Waals surface area contributed by atoms with Gasteiger partial charge >= 0.3 is 5.97 Å². The number of allylic oxidation sites excluding steroid dienone is 3. The SMILES string of the molecule is COc1cc(OC)c2c(c1Cl)CC(=N/O)/C=C/C=C\C1OC1CC(C)OC2=O. The molecule has 0 aromatic heterocycles. The fourth-order valence-electron chi connectivity index (χ4n) is 3.14. The third-order valence-electron chi connectivity index (χ3n) is 4.62. The Hall–Kier alpha value is -2.51. The highest BCUT2D eigenvalue weighted by atomic mass is 35.5. The molecule has 3 rings (SSSR count). The zero-order chi connectivity index (χ0) is 20.3. The van der Waals surface area contributed by atoms with Crippen LogP contribution in [-0.4, -0.2) is 49.4 Å². The number of methoxy groups -OCH3 is 2. The smallest absolute Gasteiger partial charge is 0.342 e. The first-order valence-electron chi connectivity index (χ1n) is 8.84. The van der Waals surface area contributed by atoms with Gasteiger partial charge in [0.2, 0.25) is 0 Å². The molecule has 7 nitrogen and oxygen atoms in total. The van der Waals surface area contributed by atoms with Gasteiger partial charge in [-0.15, -0.1) is 0 Å². The zero-order valence-corrected chi connectivity index (χ0v) is 16.6. The zero-order valence-electron chi connectivity index (χ0n) is 15.8. The number of hydrogen-bond acceptors (Lipinski definition) is 7. The van der Waals surface area contributed by atoms with Crippen molar-refractivity contribution in [1.82, 2.24) is 0 Å². The standard InChI is InChI=1S/C20H22ClNO6/c1-11-8-15-14(28-15)7-5-4-6-12(22-24)9-13-18(20(23)27-11)16(25-2)10-17(26-3)19(13)21/h4-7,10-11,14-15,24H,8-9H2,1-3H3/b6-4+,7-5-,22-12+. The summed E-state index contributed by atoms with van der Waals surface area (Å²) in [5.74, 6) is 0.0341. The molecule has 0 bridgehead atoms. The molecule has 3 atom stereocenters. The monoisotopic (exact) mass is 407 g/mol. The Kier molecular flexibility index (Phi) is 6.26. The first-order chi connectivity index (χ1) is 13.5. The Morgan fingerprint density at radius 2 is 2.00 bits per heavy atom. The first-order valence-corrected chi connectivity index (χ1v) is 9.21. The molecule has 3 unspecified atom stereocenters. The van der Waals surface area contributed by atoms with Gasteiger partial charge in [0.25, 0.3) is 0 Å². The lowest BCUT2D eigenvalue weighted by Gasteiger charge is -2.19. The molecule has 2 aliphatic heterocycles. The van der Waals surface area contributed by atoms with Gasteiger partial charge in [-0.1, -0.05) is 35.0 Å². The molecule has 1 fully saturated rings. The number of carbonyl (C=O) groups is 1. The lowest BCUT2D eigenvalue weighted by Crippen LogP contribution is -2.20. The molecule has 1 N–H and O–H groups in total. The van der Waals surface area contributed by atoms with Crippen molar-refractivity contribution < 1.29 is 28.9 Å². The summed E-state index contributed by atoms with van der Waals surface area (Å²) in [5.41, 5.74) is 0.874. The molecule has 0 saturated carbocycles. The Labute approximate surface area is 168 Å². The number of oxime groups is 1. The molecular formula is C20H22ClNO6. The average Bonchev–Trinajstić information content (AvgIpc) is 3.41. The molecule has 1 aromatic rings. The number of cyclic esters (lactones) is 1. The van der Waals surface area contributed by atoms with Crippen molar-refractivity contribution in [3.05, 3.63) is 46.5 Å². The second-order valence-corrected chi connectivity index (χ2v) is 6.93. The molecule has 150 valence electrons. The van der Waals surface area contributed by atoms with E-state index < -0.39 is 5.97 Å². The molecule has 0 amide bonds. The number of carbonyl (C=O) groups excluding carboxylic acids is 1.